The van der Waals surface area contributed by atoms with E-state index < -0.39 is 12.6 Å². The van der Waals surface area contributed by atoms with Gasteiger partial charge >= 0.3 is 0 Å². The number of carbonyl (C=O) groups is 1. The summed E-state index contributed by atoms with van der Waals surface area (Å²) < 4.78 is 21.1. The summed E-state index contributed by atoms with van der Waals surface area (Å²) in [6.45, 7) is 3.80. The van der Waals surface area contributed by atoms with Crippen molar-refractivity contribution in [1.82, 2.24) is 0 Å². The summed E-state index contributed by atoms with van der Waals surface area (Å²) >= 11 is 0. The van der Waals surface area contributed by atoms with Gasteiger partial charge in [0.25, 0.3) is 0 Å². The van der Waals surface area contributed by atoms with E-state index in [0.717, 1.165) is 24.8 Å². The van der Waals surface area contributed by atoms with Crippen LogP contribution in [-0.2, 0) is 4.79 Å². The molecule has 0 atom stereocenters. The molecule has 1 rings (SSSR count). The second-order valence-electron chi connectivity index (χ2n) is 4.63. The van der Waals surface area contributed by atoms with Crippen LogP contribution in [0.1, 0.15) is 51.0 Å². The molecule has 0 aromatic heterocycles. The van der Waals surface area contributed by atoms with E-state index in [2.05, 4.69) is 20.8 Å². The van der Waals surface area contributed by atoms with Gasteiger partial charge in [-0.1, -0.05) is 25.5 Å². The summed E-state index contributed by atoms with van der Waals surface area (Å²) in [4.78, 5) is 11.4. The van der Waals surface area contributed by atoms with Crippen LogP contribution >= 0.6 is 0 Å². The van der Waals surface area contributed by atoms with E-state index in [9.17, 15) is 4.79 Å². The summed E-state index contributed by atoms with van der Waals surface area (Å²) in [5, 5.41) is 0. The lowest BCUT2D eigenvalue weighted by atomic mass is 9.72. The second-order valence-corrected chi connectivity index (χ2v) is 4.63. The molecule has 0 spiro atoms. The number of rotatable bonds is 2. The predicted molar refractivity (Wildman–Crippen MR) is 60.2 cm³/mol. The normalized spacial score (nSPS) is 25.8. The Morgan fingerprint density at radius 2 is 2.29 bits per heavy atom. The summed E-state index contributed by atoms with van der Waals surface area (Å²) in [6.07, 6.45) is 6.17. The third kappa shape index (κ3) is 2.57. The van der Waals surface area contributed by atoms with E-state index in [4.69, 9.17) is 4.11 Å². The van der Waals surface area contributed by atoms with Crippen LogP contribution in [0.25, 0.3) is 0 Å². The molecule has 0 amide bonds. The second kappa shape index (κ2) is 4.12. The molecule has 1 nitrogen and oxygen atoms in total. The van der Waals surface area contributed by atoms with Crippen LogP contribution in [0.4, 0.5) is 0 Å². The Morgan fingerprint density at radius 1 is 1.57 bits per heavy atom. The lowest BCUT2D eigenvalue weighted by Gasteiger charge is -2.32. The van der Waals surface area contributed by atoms with Gasteiger partial charge in [0.1, 0.15) is 0 Å². The first-order valence-corrected chi connectivity index (χ1v) is 5.07. The Morgan fingerprint density at radius 3 is 2.86 bits per heavy atom. The molecule has 0 aromatic rings. The van der Waals surface area contributed by atoms with Gasteiger partial charge in [0.05, 0.1) is 0 Å². The van der Waals surface area contributed by atoms with Crippen LogP contribution in [0.5, 0.6) is 0 Å². The Bertz CT molecular complexity index is 373. The van der Waals surface area contributed by atoms with Crippen LogP contribution in [0.2, 0.25) is 0 Å². The van der Waals surface area contributed by atoms with Crippen molar-refractivity contribution >= 4 is 5.78 Å². The Balaban J connectivity index is 2.94. The molecule has 0 saturated heterocycles. The fourth-order valence-electron chi connectivity index (χ4n) is 2.17. The molecule has 0 aliphatic heterocycles. The zero-order valence-corrected chi connectivity index (χ0v) is 9.18. The van der Waals surface area contributed by atoms with Crippen molar-refractivity contribution in [3.8, 4) is 0 Å². The van der Waals surface area contributed by atoms with Gasteiger partial charge in [-0.15, -0.1) is 0 Å². The highest BCUT2D eigenvalue weighted by atomic mass is 16.1. The topological polar surface area (TPSA) is 17.1 Å². The minimum absolute atomic E-state index is 0.0356. The molecule has 1 aliphatic carbocycles. The zero-order chi connectivity index (χ0) is 13.3. The highest BCUT2D eigenvalue weighted by Gasteiger charge is 2.26. The lowest BCUT2D eigenvalue weighted by molar-refractivity contribution is -0.112. The van der Waals surface area contributed by atoms with E-state index in [1.807, 2.05) is 0 Å². The van der Waals surface area contributed by atoms with Gasteiger partial charge in [0.2, 0.25) is 0 Å². The molecular weight excluding hydrogens is 172 g/mol. The Labute approximate surface area is 91.1 Å². The summed E-state index contributed by atoms with van der Waals surface area (Å²) in [7, 11) is 0. The molecule has 0 radical (unpaired) electrons. The lowest BCUT2D eigenvalue weighted by Crippen LogP contribution is -2.19. The highest BCUT2D eigenvalue weighted by molar-refractivity contribution is 5.87. The van der Waals surface area contributed by atoms with Crippen LogP contribution in [0.15, 0.2) is 23.3 Å². The zero-order valence-electron chi connectivity index (χ0n) is 12.2. The molecule has 1 heteroatoms. The summed E-state index contributed by atoms with van der Waals surface area (Å²) in [5.74, 6) is -0.792. The minimum Gasteiger partial charge on any atom is -0.295 e. The number of ketones is 1. The van der Waals surface area contributed by atoms with Crippen LogP contribution < -0.4 is 0 Å². The molecule has 1 aliphatic rings. The molecule has 0 fully saturated rings. The first-order valence-electron chi connectivity index (χ1n) is 6.57. The average Bonchev–Trinajstić information content (AvgIpc) is 2.14. The summed E-state index contributed by atoms with van der Waals surface area (Å²) in [5.41, 5.74) is 2.41. The fourth-order valence-corrected chi connectivity index (χ4v) is 2.17. The van der Waals surface area contributed by atoms with Crippen molar-refractivity contribution in [3.63, 3.8) is 0 Å². The van der Waals surface area contributed by atoms with E-state index >= 15 is 0 Å². The van der Waals surface area contributed by atoms with Crippen molar-refractivity contribution in [2.45, 2.75) is 46.9 Å². The molecular formula is C13H20O. The van der Waals surface area contributed by atoms with Gasteiger partial charge in [-0.25, -0.2) is 0 Å². The molecule has 78 valence electrons. The molecule has 0 saturated carbocycles. The molecule has 0 N–H and O–H groups in total. The number of hydrogen-bond acceptors (Lipinski definition) is 1. The Kier molecular flexibility index (Phi) is 2.19. The molecule has 0 unspecified atom stereocenters. The maximum atomic E-state index is 11.4. The van der Waals surface area contributed by atoms with Crippen LogP contribution in [0.3, 0.4) is 0 Å². The molecule has 0 aromatic carbocycles. The Hall–Kier alpha value is -0.850. The average molecular weight is 195 g/mol. The van der Waals surface area contributed by atoms with Crippen molar-refractivity contribution in [3.05, 3.63) is 23.3 Å². The van der Waals surface area contributed by atoms with Gasteiger partial charge < -0.3 is 0 Å². The van der Waals surface area contributed by atoms with Crippen molar-refractivity contribution < 1.29 is 8.91 Å². The largest absolute Gasteiger partial charge is 0.295 e. The van der Waals surface area contributed by atoms with Gasteiger partial charge in [0, 0.05) is 4.11 Å². The first kappa shape index (κ1) is 7.44. The monoisotopic (exact) mass is 195 g/mol. The van der Waals surface area contributed by atoms with E-state index in [0.29, 0.717) is 0 Å². The predicted octanol–water partition coefficient (Wildman–Crippen LogP) is 3.66. The third-order valence-electron chi connectivity index (χ3n) is 2.94. The molecule has 0 heterocycles. The van der Waals surface area contributed by atoms with Crippen molar-refractivity contribution in [2.75, 3.05) is 0 Å². The smallest absolute Gasteiger partial charge is 0.152 e. The minimum atomic E-state index is -2.52. The van der Waals surface area contributed by atoms with Gasteiger partial charge in [-0.2, -0.15) is 0 Å². The van der Waals surface area contributed by atoms with E-state index in [1.165, 1.54) is 11.6 Å². The number of allylic oxidation sites excluding steroid dienone is 4. The number of carbonyl (C=O) groups excluding carboxylic acids is 1. The van der Waals surface area contributed by atoms with Gasteiger partial charge in [-0.3, -0.25) is 4.79 Å². The van der Waals surface area contributed by atoms with E-state index in [-0.39, 0.29) is 5.41 Å². The summed E-state index contributed by atoms with van der Waals surface area (Å²) in [6, 6.07) is 0. The highest BCUT2D eigenvalue weighted by Crippen LogP contribution is 2.40. The fraction of sp³-hybridized carbons (Fsp3) is 0.615. The maximum absolute atomic E-state index is 11.4. The standard InChI is InChI=1S/C13H20O/c1-10-6-5-9-13(3,4)12(10)8-7-11(2)14/h7-8H,5-6,9H2,1-4H3/b8-7+/i2D3. The molecule has 14 heavy (non-hydrogen) atoms. The van der Waals surface area contributed by atoms with Crippen molar-refractivity contribution in [2.24, 2.45) is 5.41 Å². The van der Waals surface area contributed by atoms with Gasteiger partial charge in [0.15, 0.2) is 5.78 Å². The van der Waals surface area contributed by atoms with Crippen LogP contribution in [-0.4, -0.2) is 5.78 Å². The van der Waals surface area contributed by atoms with Crippen molar-refractivity contribution in [1.29, 1.82) is 0 Å². The molecule has 0 bridgehead atoms. The first-order chi connectivity index (χ1) is 7.64. The SMILES string of the molecule is [2H]C([2H])([2H])C(=O)/C=C/C1=C(C)CCCC1(C)C. The third-order valence-corrected chi connectivity index (χ3v) is 2.94. The van der Waals surface area contributed by atoms with Gasteiger partial charge in [-0.05, 0) is 50.1 Å². The quantitative estimate of drug-likeness (QED) is 0.615. The maximum Gasteiger partial charge on any atom is 0.152 e. The number of hydrogen-bond donors (Lipinski definition) is 0. The van der Waals surface area contributed by atoms with Crippen LogP contribution in [0, 0.1) is 5.41 Å². The van der Waals surface area contributed by atoms with E-state index in [1.54, 1.807) is 6.08 Å².